The molecule has 10 heteroatoms. The van der Waals surface area contributed by atoms with Crippen LogP contribution in [0.2, 0.25) is 5.02 Å². The fourth-order valence-corrected chi connectivity index (χ4v) is 3.79. The normalized spacial score (nSPS) is 11.1. The number of carbonyl (C=O) groups excluding carboxylic acids is 1. The number of hydrogen-bond donors (Lipinski definition) is 1. The van der Waals surface area contributed by atoms with Gasteiger partial charge in [-0.2, -0.15) is 0 Å². The Labute approximate surface area is 186 Å². The summed E-state index contributed by atoms with van der Waals surface area (Å²) >= 11 is 18.8. The molecule has 2 aromatic carbocycles. The average molecular weight is 474 g/mol. The minimum atomic E-state index is -1.17. The molecule has 0 saturated heterocycles. The van der Waals surface area contributed by atoms with Crippen LogP contribution in [0.15, 0.2) is 47.6 Å². The summed E-state index contributed by atoms with van der Waals surface area (Å²) in [5, 5.41) is 12.3. The minimum Gasteiger partial charge on any atom is -0.346 e. The van der Waals surface area contributed by atoms with Crippen LogP contribution >= 0.6 is 46.6 Å². The van der Waals surface area contributed by atoms with Crippen molar-refractivity contribution in [2.75, 3.05) is 0 Å². The van der Waals surface area contributed by atoms with Crippen molar-refractivity contribution in [3.8, 4) is 5.69 Å². The van der Waals surface area contributed by atoms with Crippen LogP contribution in [0.4, 0.5) is 4.39 Å². The van der Waals surface area contributed by atoms with Gasteiger partial charge >= 0.3 is 0 Å². The number of alkyl halides is 2. The van der Waals surface area contributed by atoms with E-state index in [0.29, 0.717) is 21.8 Å². The highest BCUT2D eigenvalue weighted by atomic mass is 35.5. The summed E-state index contributed by atoms with van der Waals surface area (Å²) in [7, 11) is 0. The van der Waals surface area contributed by atoms with E-state index in [1.165, 1.54) is 23.9 Å². The van der Waals surface area contributed by atoms with Crippen LogP contribution in [-0.2, 0) is 17.1 Å². The lowest BCUT2D eigenvalue weighted by Gasteiger charge is -2.14. The molecule has 1 heterocycles. The fourth-order valence-electron chi connectivity index (χ4n) is 2.55. The fraction of sp³-hybridized carbons (Fsp3) is 0.211. The van der Waals surface area contributed by atoms with Crippen LogP contribution in [0.3, 0.4) is 0 Å². The van der Waals surface area contributed by atoms with Crippen LogP contribution in [0.25, 0.3) is 5.69 Å². The second-order valence-corrected chi connectivity index (χ2v) is 8.57. The molecular formula is C19H16Cl3FN4OS. The zero-order chi connectivity index (χ0) is 21.0. The number of nitrogens with zero attached hydrogens (tertiary/aromatic N) is 3. The van der Waals surface area contributed by atoms with Crippen molar-refractivity contribution < 1.29 is 9.18 Å². The van der Waals surface area contributed by atoms with Crippen molar-refractivity contribution in [1.29, 1.82) is 0 Å². The maximum atomic E-state index is 13.1. The molecule has 3 rings (SSSR count). The third kappa shape index (κ3) is 5.63. The van der Waals surface area contributed by atoms with Crippen molar-refractivity contribution in [3.05, 3.63) is 70.3 Å². The van der Waals surface area contributed by atoms with Crippen LogP contribution < -0.4 is 5.32 Å². The van der Waals surface area contributed by atoms with Gasteiger partial charge in [-0.1, -0.05) is 64.8 Å². The summed E-state index contributed by atoms with van der Waals surface area (Å²) in [6.07, 6.45) is 0. The first-order valence-electron chi connectivity index (χ1n) is 8.49. The number of nitrogens with one attached hydrogen (secondary N) is 1. The lowest BCUT2D eigenvalue weighted by atomic mass is 10.2. The first kappa shape index (κ1) is 21.9. The van der Waals surface area contributed by atoms with E-state index in [9.17, 15) is 9.18 Å². The number of hydrogen-bond acceptors (Lipinski definition) is 4. The molecule has 29 heavy (non-hydrogen) atoms. The molecule has 0 aliphatic heterocycles. The van der Waals surface area contributed by atoms with Crippen molar-refractivity contribution in [2.45, 2.75) is 29.2 Å². The summed E-state index contributed by atoms with van der Waals surface area (Å²) < 4.78 is 15.0. The predicted octanol–water partition coefficient (Wildman–Crippen LogP) is 5.08. The average Bonchev–Trinajstić information content (AvgIpc) is 3.10. The Morgan fingerprint density at radius 1 is 1.21 bits per heavy atom. The van der Waals surface area contributed by atoms with E-state index in [-0.39, 0.29) is 12.4 Å². The topological polar surface area (TPSA) is 59.8 Å². The number of halogens is 4. The van der Waals surface area contributed by atoms with Crippen LogP contribution in [0.1, 0.15) is 17.0 Å². The molecule has 0 bridgehead atoms. The van der Waals surface area contributed by atoms with Gasteiger partial charge in [-0.25, -0.2) is 4.39 Å². The molecule has 1 amide bonds. The predicted molar refractivity (Wildman–Crippen MR) is 114 cm³/mol. The second kappa shape index (κ2) is 9.80. The highest BCUT2D eigenvalue weighted by Crippen LogP contribution is 2.28. The van der Waals surface area contributed by atoms with E-state index in [0.717, 1.165) is 16.8 Å². The number of aryl methyl sites for hydroxylation is 1. The van der Waals surface area contributed by atoms with E-state index in [1.807, 2.05) is 17.6 Å². The van der Waals surface area contributed by atoms with Crippen LogP contribution in [0.5, 0.6) is 0 Å². The van der Waals surface area contributed by atoms with E-state index < -0.39 is 10.7 Å². The first-order chi connectivity index (χ1) is 13.8. The maximum absolute atomic E-state index is 13.1. The van der Waals surface area contributed by atoms with Gasteiger partial charge in [0.05, 0.1) is 12.2 Å². The van der Waals surface area contributed by atoms with Gasteiger partial charge in [0.1, 0.15) is 5.82 Å². The Hall–Kier alpha value is -1.80. The number of rotatable bonds is 7. The third-order valence-corrected chi connectivity index (χ3v) is 5.64. The standard InChI is InChI=1S/C19H16Cl3FN4OS/c1-11-2-5-13(20)8-15(11)27-16(9-24-18(28)17(21)22)25-26-19(27)29-10-12-3-6-14(23)7-4-12/h2-8,17H,9-10H2,1H3,(H,24,28). The second-order valence-electron chi connectivity index (χ2n) is 6.10. The zero-order valence-electron chi connectivity index (χ0n) is 15.2. The van der Waals surface area contributed by atoms with E-state index in [1.54, 1.807) is 24.3 Å². The third-order valence-electron chi connectivity index (χ3n) is 4.01. The molecular weight excluding hydrogens is 458 g/mol. The number of thioether (sulfide) groups is 1. The molecule has 0 saturated carbocycles. The molecule has 0 fully saturated rings. The van der Waals surface area contributed by atoms with E-state index in [4.69, 9.17) is 34.8 Å². The van der Waals surface area contributed by atoms with Gasteiger partial charge in [0.2, 0.25) is 0 Å². The minimum absolute atomic E-state index is 0.0881. The molecule has 0 atom stereocenters. The van der Waals surface area contributed by atoms with Gasteiger partial charge in [0.15, 0.2) is 15.8 Å². The SMILES string of the molecule is Cc1ccc(Cl)cc1-n1c(CNC(=O)C(Cl)Cl)nnc1SCc1ccc(F)cc1. The summed E-state index contributed by atoms with van der Waals surface area (Å²) in [6.45, 7) is 2.03. The van der Waals surface area contributed by atoms with Gasteiger partial charge in [0, 0.05) is 10.8 Å². The Kier molecular flexibility index (Phi) is 7.40. The Morgan fingerprint density at radius 3 is 2.62 bits per heavy atom. The Morgan fingerprint density at radius 2 is 1.93 bits per heavy atom. The molecule has 5 nitrogen and oxygen atoms in total. The summed E-state index contributed by atoms with van der Waals surface area (Å²) in [6, 6.07) is 11.8. The molecule has 0 spiro atoms. The van der Waals surface area contributed by atoms with Gasteiger partial charge in [0.25, 0.3) is 5.91 Å². The molecule has 0 unspecified atom stereocenters. The van der Waals surface area contributed by atoms with E-state index >= 15 is 0 Å². The lowest BCUT2D eigenvalue weighted by Crippen LogP contribution is -2.29. The molecule has 152 valence electrons. The van der Waals surface area contributed by atoms with Crippen LogP contribution in [0, 0.1) is 12.7 Å². The first-order valence-corrected chi connectivity index (χ1v) is 10.7. The molecule has 3 aromatic rings. The van der Waals surface area contributed by atoms with Crippen LogP contribution in [-0.4, -0.2) is 25.5 Å². The summed E-state index contributed by atoms with van der Waals surface area (Å²) in [5.74, 6) is 0.257. The number of amides is 1. The molecule has 1 aromatic heterocycles. The van der Waals surface area contributed by atoms with Crippen molar-refractivity contribution in [2.24, 2.45) is 0 Å². The smallest absolute Gasteiger partial charge is 0.253 e. The summed E-state index contributed by atoms with van der Waals surface area (Å²) in [4.78, 5) is 10.6. The van der Waals surface area contributed by atoms with E-state index in [2.05, 4.69) is 15.5 Å². The molecule has 0 radical (unpaired) electrons. The Balaban J connectivity index is 1.91. The maximum Gasteiger partial charge on any atom is 0.253 e. The highest BCUT2D eigenvalue weighted by Gasteiger charge is 2.19. The van der Waals surface area contributed by atoms with Crippen molar-refractivity contribution >= 4 is 52.5 Å². The quantitative estimate of drug-likeness (QED) is 0.384. The number of benzene rings is 2. The van der Waals surface area contributed by atoms with Crippen molar-refractivity contribution in [3.63, 3.8) is 0 Å². The van der Waals surface area contributed by atoms with Gasteiger partial charge in [-0.3, -0.25) is 9.36 Å². The summed E-state index contributed by atoms with van der Waals surface area (Å²) in [5.41, 5.74) is 2.69. The van der Waals surface area contributed by atoms with Gasteiger partial charge in [-0.05, 0) is 42.3 Å². The number of aromatic nitrogens is 3. The zero-order valence-corrected chi connectivity index (χ0v) is 18.3. The highest BCUT2D eigenvalue weighted by molar-refractivity contribution is 7.98. The van der Waals surface area contributed by atoms with Crippen molar-refractivity contribution in [1.82, 2.24) is 20.1 Å². The number of carbonyl (C=O) groups is 1. The van der Waals surface area contributed by atoms with Gasteiger partial charge in [-0.15, -0.1) is 10.2 Å². The van der Waals surface area contributed by atoms with Gasteiger partial charge < -0.3 is 5.32 Å². The lowest BCUT2D eigenvalue weighted by molar-refractivity contribution is -0.119. The molecule has 1 N–H and O–H groups in total. The monoisotopic (exact) mass is 472 g/mol. The molecule has 0 aliphatic rings. The Bertz CT molecular complexity index is 1010. The molecule has 0 aliphatic carbocycles. The largest absolute Gasteiger partial charge is 0.346 e.